The molecule has 1 atom stereocenters. The van der Waals surface area contributed by atoms with Gasteiger partial charge in [0.05, 0.1) is 0 Å². The molecular formula is C26H18F6N6O. The normalized spacial score (nSPS) is 13.0. The molecule has 0 saturated heterocycles. The Morgan fingerprint density at radius 2 is 1.31 bits per heavy atom. The van der Waals surface area contributed by atoms with Crippen molar-refractivity contribution in [3.63, 3.8) is 0 Å². The minimum absolute atomic E-state index is 0.0997. The van der Waals surface area contributed by atoms with Crippen LogP contribution in [0.5, 0.6) is 5.75 Å². The van der Waals surface area contributed by atoms with Gasteiger partial charge in [0.2, 0.25) is 0 Å². The van der Waals surface area contributed by atoms with Gasteiger partial charge >= 0.3 is 12.4 Å². The molecule has 39 heavy (non-hydrogen) atoms. The van der Waals surface area contributed by atoms with Crippen molar-refractivity contribution in [2.24, 2.45) is 0 Å². The molecule has 0 aliphatic heterocycles. The number of phenolic OH excluding ortho intramolecular Hbond substituents is 1. The van der Waals surface area contributed by atoms with Crippen LogP contribution in [0.25, 0.3) is 22.8 Å². The molecule has 4 aromatic heterocycles. The lowest BCUT2D eigenvalue weighted by molar-refractivity contribution is -0.141. The molecule has 0 fully saturated rings. The highest BCUT2D eigenvalue weighted by atomic mass is 19.4. The van der Waals surface area contributed by atoms with Crippen LogP contribution in [0.4, 0.5) is 26.3 Å². The number of rotatable bonds is 5. The van der Waals surface area contributed by atoms with Gasteiger partial charge in [0, 0.05) is 53.4 Å². The number of para-hydroxylation sites is 1. The quantitative estimate of drug-likeness (QED) is 0.261. The molecule has 0 spiro atoms. The smallest absolute Gasteiger partial charge is 0.433 e. The number of alkyl halides is 6. The zero-order chi connectivity index (χ0) is 27.9. The van der Waals surface area contributed by atoms with E-state index in [0.29, 0.717) is 11.3 Å². The Bertz CT molecular complexity index is 1600. The Hall–Kier alpha value is -4.68. The van der Waals surface area contributed by atoms with Gasteiger partial charge in [0.15, 0.2) is 0 Å². The molecule has 1 unspecified atom stereocenters. The predicted octanol–water partition coefficient (Wildman–Crippen LogP) is 6.35. The molecule has 0 aliphatic carbocycles. The van der Waals surface area contributed by atoms with Gasteiger partial charge in [-0.15, -0.1) is 0 Å². The lowest BCUT2D eigenvalue weighted by Gasteiger charge is -2.27. The Morgan fingerprint density at radius 1 is 0.718 bits per heavy atom. The van der Waals surface area contributed by atoms with Crippen LogP contribution in [0, 0.1) is 6.92 Å². The van der Waals surface area contributed by atoms with Gasteiger partial charge < -0.3 is 14.2 Å². The monoisotopic (exact) mass is 544 g/mol. The summed E-state index contributed by atoms with van der Waals surface area (Å²) in [5, 5.41) is 10.8. The maximum absolute atomic E-state index is 13.1. The van der Waals surface area contributed by atoms with E-state index in [0.717, 1.165) is 24.5 Å². The first-order chi connectivity index (χ1) is 18.4. The number of nitrogens with zero attached hydrogens (tertiary/aromatic N) is 6. The Morgan fingerprint density at radius 3 is 1.85 bits per heavy atom. The van der Waals surface area contributed by atoms with Gasteiger partial charge in [0.1, 0.15) is 35.0 Å². The fourth-order valence-electron chi connectivity index (χ4n) is 4.21. The first-order valence-electron chi connectivity index (χ1n) is 11.4. The molecule has 7 nitrogen and oxygen atoms in total. The first kappa shape index (κ1) is 25.9. The molecule has 200 valence electrons. The van der Waals surface area contributed by atoms with E-state index in [1.54, 1.807) is 40.5 Å². The number of imidazole rings is 2. The minimum atomic E-state index is -4.62. The number of hydrogen-bond acceptors (Lipinski definition) is 5. The van der Waals surface area contributed by atoms with Crippen LogP contribution in [0.15, 0.2) is 79.5 Å². The molecule has 5 aromatic rings. The van der Waals surface area contributed by atoms with Crippen LogP contribution in [0.1, 0.15) is 28.8 Å². The van der Waals surface area contributed by atoms with E-state index in [-0.39, 0.29) is 28.5 Å². The summed E-state index contributed by atoms with van der Waals surface area (Å²) in [5.41, 5.74) is -0.644. The number of benzene rings is 1. The molecule has 0 amide bonds. The number of halogens is 6. The van der Waals surface area contributed by atoms with Crippen molar-refractivity contribution in [2.45, 2.75) is 25.4 Å². The largest absolute Gasteiger partial charge is 0.508 e. The standard InChI is InChI=1S/C26H18F6N6O/c1-15-12-36-23(17-7-9-21(35-14-17)26(30,31)32)38(15)24(18-4-2-3-5-19(18)39)37-11-10-33-22(37)16-6-8-20(34-13-16)25(27,28)29/h2-14,24,39H,1H3. The van der Waals surface area contributed by atoms with E-state index >= 15 is 0 Å². The van der Waals surface area contributed by atoms with Crippen molar-refractivity contribution in [2.75, 3.05) is 0 Å². The van der Waals surface area contributed by atoms with E-state index in [9.17, 15) is 31.4 Å². The summed E-state index contributed by atoms with van der Waals surface area (Å²) in [5.74, 6) is 0.374. The summed E-state index contributed by atoms with van der Waals surface area (Å²) in [4.78, 5) is 15.8. The van der Waals surface area contributed by atoms with Crippen LogP contribution in [-0.4, -0.2) is 34.2 Å². The number of pyridine rings is 2. The van der Waals surface area contributed by atoms with Crippen molar-refractivity contribution >= 4 is 0 Å². The van der Waals surface area contributed by atoms with E-state index in [2.05, 4.69) is 19.9 Å². The molecule has 13 heteroatoms. The number of phenols is 1. The molecule has 0 aliphatic rings. The fraction of sp³-hybridized carbons (Fsp3) is 0.154. The number of aromatic hydroxyl groups is 1. The third-order valence-corrected chi connectivity index (χ3v) is 6.00. The van der Waals surface area contributed by atoms with Gasteiger partial charge in [-0.1, -0.05) is 18.2 Å². The second-order valence-electron chi connectivity index (χ2n) is 8.54. The van der Waals surface area contributed by atoms with Crippen LogP contribution in [0.3, 0.4) is 0 Å². The van der Waals surface area contributed by atoms with Gasteiger partial charge in [-0.3, -0.25) is 9.97 Å². The molecule has 0 saturated carbocycles. The maximum atomic E-state index is 13.1. The zero-order valence-corrected chi connectivity index (χ0v) is 20.0. The number of aromatic nitrogens is 6. The average molecular weight is 544 g/mol. The highest BCUT2D eigenvalue weighted by molar-refractivity contribution is 5.58. The first-order valence-corrected chi connectivity index (χ1v) is 11.4. The molecule has 4 heterocycles. The average Bonchev–Trinajstić information content (AvgIpc) is 3.52. The van der Waals surface area contributed by atoms with Crippen LogP contribution < -0.4 is 0 Å². The van der Waals surface area contributed by atoms with Crippen LogP contribution >= 0.6 is 0 Å². The second kappa shape index (κ2) is 9.57. The lowest BCUT2D eigenvalue weighted by Crippen LogP contribution is -2.22. The van der Waals surface area contributed by atoms with E-state index in [4.69, 9.17) is 0 Å². The maximum Gasteiger partial charge on any atom is 0.433 e. The highest BCUT2D eigenvalue weighted by Crippen LogP contribution is 2.37. The zero-order valence-electron chi connectivity index (χ0n) is 20.0. The lowest BCUT2D eigenvalue weighted by atomic mass is 10.1. The van der Waals surface area contributed by atoms with Crippen molar-refractivity contribution in [3.05, 3.63) is 102 Å². The minimum Gasteiger partial charge on any atom is -0.508 e. The molecule has 0 bridgehead atoms. The van der Waals surface area contributed by atoms with E-state index in [1.165, 1.54) is 30.6 Å². The Kier molecular flexibility index (Phi) is 6.36. The predicted molar refractivity (Wildman–Crippen MR) is 127 cm³/mol. The summed E-state index contributed by atoms with van der Waals surface area (Å²) in [6.45, 7) is 1.72. The SMILES string of the molecule is Cc1cnc(-c2ccc(C(F)(F)F)nc2)n1C(c1ccccc1O)n1ccnc1-c1ccc(C(F)(F)F)nc1. The van der Waals surface area contributed by atoms with Gasteiger partial charge in [0.25, 0.3) is 0 Å². The fourth-order valence-corrected chi connectivity index (χ4v) is 4.21. The highest BCUT2D eigenvalue weighted by Gasteiger charge is 2.34. The van der Waals surface area contributed by atoms with Crippen molar-refractivity contribution in [1.29, 1.82) is 0 Å². The Balaban J connectivity index is 1.68. The third-order valence-electron chi connectivity index (χ3n) is 6.00. The van der Waals surface area contributed by atoms with E-state index < -0.39 is 29.9 Å². The number of hydrogen-bond donors (Lipinski definition) is 1. The molecule has 1 aromatic carbocycles. The Labute approximate surface area is 217 Å². The number of aryl methyl sites for hydroxylation is 1. The summed E-state index contributed by atoms with van der Waals surface area (Å²) < 4.78 is 81.8. The van der Waals surface area contributed by atoms with Gasteiger partial charge in [-0.05, 0) is 37.3 Å². The molecular weight excluding hydrogens is 526 g/mol. The summed E-state index contributed by atoms with van der Waals surface area (Å²) in [7, 11) is 0. The van der Waals surface area contributed by atoms with Crippen LogP contribution in [-0.2, 0) is 12.4 Å². The molecule has 0 radical (unpaired) electrons. The van der Waals surface area contributed by atoms with Crippen molar-refractivity contribution < 1.29 is 31.4 Å². The summed E-state index contributed by atoms with van der Waals surface area (Å²) >= 11 is 0. The van der Waals surface area contributed by atoms with Gasteiger partial charge in [-0.25, -0.2) is 9.97 Å². The van der Waals surface area contributed by atoms with Crippen molar-refractivity contribution in [3.8, 4) is 28.5 Å². The van der Waals surface area contributed by atoms with E-state index in [1.807, 2.05) is 0 Å². The second-order valence-corrected chi connectivity index (χ2v) is 8.54. The molecule has 5 rings (SSSR count). The molecule has 1 N–H and O–H groups in total. The van der Waals surface area contributed by atoms with Crippen molar-refractivity contribution in [1.82, 2.24) is 29.1 Å². The topological polar surface area (TPSA) is 81.6 Å². The van der Waals surface area contributed by atoms with Gasteiger partial charge in [-0.2, -0.15) is 26.3 Å². The third kappa shape index (κ3) is 4.94. The summed E-state index contributed by atoms with van der Waals surface area (Å²) in [6, 6.07) is 10.6. The van der Waals surface area contributed by atoms with Crippen LogP contribution in [0.2, 0.25) is 0 Å². The summed E-state index contributed by atoms with van der Waals surface area (Å²) in [6.07, 6.45) is -3.53.